The number of rotatable bonds is 3. The molecule has 0 heterocycles. The minimum Gasteiger partial charge on any atom is -0.449 e. The molecule has 1 N–H and O–H groups in total. The first-order chi connectivity index (χ1) is 7.67. The monoisotopic (exact) mass is 348 g/mol. The lowest BCUT2D eigenvalue weighted by Gasteiger charge is -2.03. The fraction of sp³-hybridized carbons (Fsp3) is 0.750. The van der Waals surface area contributed by atoms with Crippen molar-refractivity contribution >= 4 is 68.1 Å². The molecule has 0 rings (SSSR count). The van der Waals surface area contributed by atoms with Gasteiger partial charge < -0.3 is 9.84 Å². The molecule has 2 atom stereocenters. The summed E-state index contributed by atoms with van der Waals surface area (Å²) in [5, 5.41) is 8.23. The summed E-state index contributed by atoms with van der Waals surface area (Å²) in [6.07, 6.45) is -0.640. The third-order valence-corrected chi connectivity index (χ3v) is 1.70. The Morgan fingerprint density at radius 2 is 1.41 bits per heavy atom. The molecular formula is C8H13Cl5O4. The highest BCUT2D eigenvalue weighted by molar-refractivity contribution is 6.93. The second kappa shape index (κ2) is 16.6. The minimum absolute atomic E-state index is 0.276. The molecule has 2 unspecified atom stereocenters. The van der Waals surface area contributed by atoms with E-state index in [-0.39, 0.29) is 18.1 Å². The Hall–Kier alpha value is 0.550. The second-order valence-electron chi connectivity index (χ2n) is 2.55. The Balaban J connectivity index is -0.000000188. The fourth-order valence-electron chi connectivity index (χ4n) is 0.190. The molecule has 0 radical (unpaired) electrons. The number of alkyl halides is 2. The quantitative estimate of drug-likeness (QED) is 0.613. The molecule has 0 spiro atoms. The van der Waals surface area contributed by atoms with Gasteiger partial charge in [-0.2, -0.15) is 0 Å². The van der Waals surface area contributed by atoms with Crippen molar-refractivity contribution in [1.29, 1.82) is 0 Å². The molecule has 0 fully saturated rings. The average Bonchev–Trinajstić information content (AvgIpc) is 2.16. The minimum atomic E-state index is -0.889. The van der Waals surface area contributed by atoms with Crippen molar-refractivity contribution in [3.05, 3.63) is 0 Å². The Morgan fingerprint density at radius 3 is 1.47 bits per heavy atom. The third-order valence-electron chi connectivity index (χ3n) is 0.734. The maximum Gasteiger partial charge on any atom is 0.404 e. The Labute approximate surface area is 125 Å². The zero-order valence-corrected chi connectivity index (χ0v) is 12.9. The summed E-state index contributed by atoms with van der Waals surface area (Å²) in [7, 11) is 0. The van der Waals surface area contributed by atoms with Crippen LogP contribution in [0.15, 0.2) is 0 Å². The number of hydrogen-bond donors (Lipinski definition) is 1. The van der Waals surface area contributed by atoms with Gasteiger partial charge in [0, 0.05) is 17.5 Å². The van der Waals surface area contributed by atoms with E-state index in [0.717, 1.165) is 0 Å². The lowest BCUT2D eigenvalue weighted by atomic mass is 10.5. The molecule has 0 aromatic carbocycles. The van der Waals surface area contributed by atoms with Crippen LogP contribution in [0.3, 0.4) is 0 Å². The number of halogens is 5. The highest BCUT2D eigenvalue weighted by Gasteiger charge is 2.02. The largest absolute Gasteiger partial charge is 0.449 e. The molecule has 0 bridgehead atoms. The van der Waals surface area contributed by atoms with Gasteiger partial charge in [0.2, 0.25) is 0 Å². The van der Waals surface area contributed by atoms with Gasteiger partial charge in [-0.05, 0) is 37.0 Å². The van der Waals surface area contributed by atoms with Crippen LogP contribution >= 0.6 is 58.0 Å². The number of hydrogen-bond acceptors (Lipinski definition) is 4. The molecular weight excluding hydrogens is 337 g/mol. The van der Waals surface area contributed by atoms with E-state index in [9.17, 15) is 4.79 Å². The van der Waals surface area contributed by atoms with Crippen molar-refractivity contribution < 1.29 is 19.4 Å². The van der Waals surface area contributed by atoms with Gasteiger partial charge in [-0.25, -0.2) is 4.79 Å². The number of carbonyl (C=O) groups is 2. The zero-order chi connectivity index (χ0) is 14.4. The van der Waals surface area contributed by atoms with Crippen LogP contribution in [0.25, 0.3) is 0 Å². The van der Waals surface area contributed by atoms with Gasteiger partial charge in [0.15, 0.2) is 0 Å². The predicted molar refractivity (Wildman–Crippen MR) is 72.0 cm³/mol. The highest BCUT2D eigenvalue weighted by atomic mass is 35.5. The Kier molecular flexibility index (Phi) is 22.1. The van der Waals surface area contributed by atoms with Crippen LogP contribution < -0.4 is 0 Å². The summed E-state index contributed by atoms with van der Waals surface area (Å²) in [5.41, 5.74) is -0.807. The fourth-order valence-corrected chi connectivity index (χ4v) is 0.405. The van der Waals surface area contributed by atoms with E-state index in [1.54, 1.807) is 13.8 Å². The van der Waals surface area contributed by atoms with Crippen molar-refractivity contribution in [2.45, 2.75) is 26.1 Å². The average molecular weight is 350 g/mol. The zero-order valence-electron chi connectivity index (χ0n) is 9.13. The summed E-state index contributed by atoms with van der Waals surface area (Å²) in [4.78, 5) is 18.9. The van der Waals surface area contributed by atoms with E-state index < -0.39 is 10.1 Å². The van der Waals surface area contributed by atoms with Crippen molar-refractivity contribution in [3.8, 4) is 0 Å². The standard InChI is InChI=1S/C4H6Cl2O2.C3H7ClO.CCl2O/c1-3(2-5)8-4(6)7;1-3(5)2-4;2-1(3)4/h3H,2H2,1H3;3,5H,2H2,1H3;. The molecule has 0 saturated heterocycles. The van der Waals surface area contributed by atoms with E-state index in [0.29, 0.717) is 5.88 Å². The summed E-state index contributed by atoms with van der Waals surface area (Å²) in [6.45, 7) is 3.31. The van der Waals surface area contributed by atoms with Gasteiger partial charge in [0.1, 0.15) is 6.10 Å². The topological polar surface area (TPSA) is 63.6 Å². The number of aliphatic hydroxyl groups excluding tert-OH is 1. The summed E-state index contributed by atoms with van der Waals surface area (Å²) >= 11 is 24.0. The molecule has 0 aromatic heterocycles. The SMILES string of the molecule is CC(CCl)OC(=O)Cl.CC(O)CCl.O=C(Cl)Cl. The Bertz CT molecular complexity index is 196. The lowest BCUT2D eigenvalue weighted by molar-refractivity contribution is 0.142. The molecule has 9 heteroatoms. The lowest BCUT2D eigenvalue weighted by Crippen LogP contribution is -2.10. The molecule has 0 aliphatic rings. The van der Waals surface area contributed by atoms with Crippen molar-refractivity contribution in [2.24, 2.45) is 0 Å². The van der Waals surface area contributed by atoms with Crippen LogP contribution in [0.4, 0.5) is 9.59 Å². The van der Waals surface area contributed by atoms with Crippen LogP contribution in [-0.4, -0.2) is 39.2 Å². The van der Waals surface area contributed by atoms with E-state index in [1.165, 1.54) is 0 Å². The van der Waals surface area contributed by atoms with Crippen LogP contribution in [0.5, 0.6) is 0 Å². The molecule has 0 saturated carbocycles. The molecule has 0 aliphatic heterocycles. The van der Waals surface area contributed by atoms with Gasteiger partial charge in [0.05, 0.1) is 12.0 Å². The number of carbonyl (C=O) groups excluding carboxylic acids is 2. The summed E-state index contributed by atoms with van der Waals surface area (Å²) in [5.74, 6) is 0.610. The molecule has 0 aliphatic carbocycles. The first-order valence-corrected chi connectivity index (χ1v) is 6.38. The van der Waals surface area contributed by atoms with Crippen LogP contribution in [-0.2, 0) is 4.74 Å². The second-order valence-corrected chi connectivity index (χ2v) is 4.36. The summed E-state index contributed by atoms with van der Waals surface area (Å²) < 4.78 is 3.51. The molecule has 0 aromatic rings. The highest BCUT2D eigenvalue weighted by Crippen LogP contribution is 1.96. The molecule has 4 nitrogen and oxygen atoms in total. The predicted octanol–water partition coefficient (Wildman–Crippen LogP) is 4.18. The summed E-state index contributed by atoms with van der Waals surface area (Å²) in [6, 6.07) is 0. The van der Waals surface area contributed by atoms with Crippen LogP contribution in [0.1, 0.15) is 13.8 Å². The van der Waals surface area contributed by atoms with Crippen molar-refractivity contribution in [2.75, 3.05) is 11.8 Å². The van der Waals surface area contributed by atoms with Crippen LogP contribution in [0, 0.1) is 0 Å². The number of aliphatic hydroxyl groups is 1. The van der Waals surface area contributed by atoms with E-state index in [2.05, 4.69) is 27.9 Å². The van der Waals surface area contributed by atoms with Gasteiger partial charge >= 0.3 is 10.1 Å². The van der Waals surface area contributed by atoms with E-state index in [1.807, 2.05) is 0 Å². The van der Waals surface area contributed by atoms with Gasteiger partial charge in [-0.15, -0.1) is 23.2 Å². The molecule has 17 heavy (non-hydrogen) atoms. The molecule has 104 valence electrons. The Morgan fingerprint density at radius 1 is 1.12 bits per heavy atom. The molecule has 0 amide bonds. The van der Waals surface area contributed by atoms with Crippen molar-refractivity contribution in [1.82, 2.24) is 0 Å². The maximum absolute atomic E-state index is 9.90. The first kappa shape index (κ1) is 22.7. The normalized spacial score (nSPS) is 12.0. The smallest absolute Gasteiger partial charge is 0.404 e. The maximum atomic E-state index is 9.90. The van der Waals surface area contributed by atoms with Gasteiger partial charge in [-0.3, -0.25) is 4.79 Å². The third kappa shape index (κ3) is 47.9. The van der Waals surface area contributed by atoms with Crippen LogP contribution in [0.2, 0.25) is 0 Å². The van der Waals surface area contributed by atoms with Gasteiger partial charge in [0.25, 0.3) is 0 Å². The van der Waals surface area contributed by atoms with Gasteiger partial charge in [-0.1, -0.05) is 0 Å². The van der Waals surface area contributed by atoms with E-state index >= 15 is 0 Å². The van der Waals surface area contributed by atoms with E-state index in [4.69, 9.17) is 44.7 Å². The van der Waals surface area contributed by atoms with Crippen molar-refractivity contribution in [3.63, 3.8) is 0 Å². The first-order valence-electron chi connectivity index (χ1n) is 4.18. The number of ether oxygens (including phenoxy) is 1.